The number of rotatable bonds is 7. The van der Waals surface area contributed by atoms with E-state index in [1.54, 1.807) is 0 Å². The molecule has 0 radical (unpaired) electrons. The van der Waals surface area contributed by atoms with Crippen molar-refractivity contribution in [3.63, 3.8) is 0 Å². The maximum absolute atomic E-state index is 5.44. The molecule has 2 rings (SSSR count). The zero-order valence-electron chi connectivity index (χ0n) is 13.8. The molecular formula is C18H30N2O. The van der Waals surface area contributed by atoms with Gasteiger partial charge in [0.15, 0.2) is 0 Å². The van der Waals surface area contributed by atoms with Crippen LogP contribution in [0.5, 0.6) is 0 Å². The number of aryl methyl sites for hydroxylation is 1. The third kappa shape index (κ3) is 5.01. The molecule has 0 spiro atoms. The second-order valence-corrected chi connectivity index (χ2v) is 6.22. The Kier molecular flexibility index (Phi) is 6.52. The summed E-state index contributed by atoms with van der Waals surface area (Å²) < 4.78 is 5.44. The van der Waals surface area contributed by atoms with Crippen molar-refractivity contribution < 1.29 is 4.74 Å². The molecule has 0 bridgehead atoms. The van der Waals surface area contributed by atoms with Gasteiger partial charge in [-0.05, 0) is 61.9 Å². The third-order valence-electron chi connectivity index (χ3n) is 4.38. The van der Waals surface area contributed by atoms with E-state index in [1.165, 1.54) is 36.1 Å². The second kappa shape index (κ2) is 8.40. The molecule has 3 heteroatoms. The highest BCUT2D eigenvalue weighted by atomic mass is 16.5. The van der Waals surface area contributed by atoms with Gasteiger partial charge in [-0.1, -0.05) is 13.0 Å². The van der Waals surface area contributed by atoms with Crippen LogP contribution in [0.4, 0.5) is 5.69 Å². The van der Waals surface area contributed by atoms with Gasteiger partial charge in [-0.15, -0.1) is 0 Å². The number of hydrogen-bond donors (Lipinski definition) is 1. The van der Waals surface area contributed by atoms with Crippen LogP contribution >= 0.6 is 0 Å². The quantitative estimate of drug-likeness (QED) is 0.779. The molecule has 3 nitrogen and oxygen atoms in total. The Morgan fingerprint density at radius 3 is 2.71 bits per heavy atom. The second-order valence-electron chi connectivity index (χ2n) is 6.22. The van der Waals surface area contributed by atoms with Gasteiger partial charge in [0.2, 0.25) is 0 Å². The molecule has 1 aromatic carbocycles. The summed E-state index contributed by atoms with van der Waals surface area (Å²) in [5.41, 5.74) is 4.12. The summed E-state index contributed by atoms with van der Waals surface area (Å²) in [7, 11) is 2.21. The molecule has 21 heavy (non-hydrogen) atoms. The van der Waals surface area contributed by atoms with Crippen molar-refractivity contribution in [3.05, 3.63) is 29.3 Å². The van der Waals surface area contributed by atoms with Crippen molar-refractivity contribution >= 4 is 5.69 Å². The first-order chi connectivity index (χ1) is 10.2. The predicted octanol–water partition coefficient (Wildman–Crippen LogP) is 3.36. The molecule has 0 atom stereocenters. The highest BCUT2D eigenvalue weighted by Gasteiger charge is 2.16. The van der Waals surface area contributed by atoms with E-state index in [0.29, 0.717) is 0 Å². The number of anilines is 1. The monoisotopic (exact) mass is 290 g/mol. The molecular weight excluding hydrogens is 260 g/mol. The Balaban J connectivity index is 1.91. The summed E-state index contributed by atoms with van der Waals surface area (Å²) in [6.45, 7) is 9.48. The Labute approximate surface area is 129 Å². The molecule has 118 valence electrons. The largest absolute Gasteiger partial charge is 0.381 e. The first kappa shape index (κ1) is 16.3. The van der Waals surface area contributed by atoms with Gasteiger partial charge in [0.05, 0.1) is 0 Å². The van der Waals surface area contributed by atoms with Gasteiger partial charge in [-0.2, -0.15) is 0 Å². The normalized spacial score (nSPS) is 16.1. The van der Waals surface area contributed by atoms with E-state index >= 15 is 0 Å². The van der Waals surface area contributed by atoms with Crippen LogP contribution in [0.25, 0.3) is 0 Å². The number of ether oxygens (including phenoxy) is 1. The van der Waals surface area contributed by atoms with Gasteiger partial charge in [0, 0.05) is 39.0 Å². The van der Waals surface area contributed by atoms with E-state index in [4.69, 9.17) is 4.74 Å². The lowest BCUT2D eigenvalue weighted by atomic mass is 9.99. The fourth-order valence-electron chi connectivity index (χ4n) is 2.94. The van der Waals surface area contributed by atoms with Crippen LogP contribution in [0, 0.1) is 12.8 Å². The van der Waals surface area contributed by atoms with Crippen LogP contribution < -0.4 is 10.2 Å². The summed E-state index contributed by atoms with van der Waals surface area (Å²) >= 11 is 0. The summed E-state index contributed by atoms with van der Waals surface area (Å²) in [5.74, 6) is 0.773. The van der Waals surface area contributed by atoms with Gasteiger partial charge in [0.25, 0.3) is 0 Å². The minimum atomic E-state index is 0.773. The summed E-state index contributed by atoms with van der Waals surface area (Å²) in [4.78, 5) is 2.40. The van der Waals surface area contributed by atoms with Gasteiger partial charge in [-0.3, -0.25) is 0 Å². The zero-order chi connectivity index (χ0) is 15.1. The van der Waals surface area contributed by atoms with Crippen molar-refractivity contribution in [3.8, 4) is 0 Å². The highest BCUT2D eigenvalue weighted by Crippen LogP contribution is 2.22. The van der Waals surface area contributed by atoms with Crippen molar-refractivity contribution in [2.24, 2.45) is 5.92 Å². The van der Waals surface area contributed by atoms with Crippen LogP contribution in [-0.2, 0) is 11.3 Å². The fourth-order valence-corrected chi connectivity index (χ4v) is 2.94. The molecule has 1 fully saturated rings. The van der Waals surface area contributed by atoms with Crippen LogP contribution in [0.3, 0.4) is 0 Å². The maximum Gasteiger partial charge on any atom is 0.0469 e. The molecule has 0 unspecified atom stereocenters. The first-order valence-corrected chi connectivity index (χ1v) is 8.29. The lowest BCUT2D eigenvalue weighted by Gasteiger charge is -2.29. The van der Waals surface area contributed by atoms with E-state index in [-0.39, 0.29) is 0 Å². The molecule has 1 aliphatic heterocycles. The SMILES string of the molecule is CCCNCc1ccc(N(C)CC2CCOCC2)cc1C. The lowest BCUT2D eigenvalue weighted by molar-refractivity contribution is 0.0685. The number of hydrogen-bond acceptors (Lipinski definition) is 3. The highest BCUT2D eigenvalue weighted by molar-refractivity contribution is 5.50. The van der Waals surface area contributed by atoms with Gasteiger partial charge < -0.3 is 15.0 Å². The van der Waals surface area contributed by atoms with Crippen LogP contribution in [-0.4, -0.2) is 33.4 Å². The molecule has 1 aromatic rings. The Morgan fingerprint density at radius 1 is 1.29 bits per heavy atom. The average molecular weight is 290 g/mol. The molecule has 0 aromatic heterocycles. The zero-order valence-corrected chi connectivity index (χ0v) is 13.8. The summed E-state index contributed by atoms with van der Waals surface area (Å²) in [5, 5.41) is 3.48. The minimum absolute atomic E-state index is 0.773. The van der Waals surface area contributed by atoms with E-state index in [2.05, 4.69) is 49.3 Å². The Morgan fingerprint density at radius 2 is 2.05 bits per heavy atom. The van der Waals surface area contributed by atoms with Crippen LogP contribution in [0.2, 0.25) is 0 Å². The van der Waals surface area contributed by atoms with Crippen molar-refractivity contribution in [2.45, 2.75) is 39.7 Å². The molecule has 1 N–H and O–H groups in total. The van der Waals surface area contributed by atoms with Gasteiger partial charge >= 0.3 is 0 Å². The van der Waals surface area contributed by atoms with Gasteiger partial charge in [-0.25, -0.2) is 0 Å². The number of nitrogens with one attached hydrogen (secondary N) is 1. The molecule has 1 heterocycles. The Hall–Kier alpha value is -1.06. The lowest BCUT2D eigenvalue weighted by Crippen LogP contribution is -2.29. The van der Waals surface area contributed by atoms with E-state index in [9.17, 15) is 0 Å². The average Bonchev–Trinajstić information content (AvgIpc) is 2.50. The van der Waals surface area contributed by atoms with E-state index in [0.717, 1.165) is 38.8 Å². The maximum atomic E-state index is 5.44. The van der Waals surface area contributed by atoms with Gasteiger partial charge in [0.1, 0.15) is 0 Å². The number of nitrogens with zero attached hydrogens (tertiary/aromatic N) is 1. The third-order valence-corrected chi connectivity index (χ3v) is 4.38. The van der Waals surface area contributed by atoms with E-state index in [1.807, 2.05) is 0 Å². The van der Waals surface area contributed by atoms with Crippen LogP contribution in [0.1, 0.15) is 37.3 Å². The number of benzene rings is 1. The van der Waals surface area contributed by atoms with Crippen molar-refractivity contribution in [2.75, 3.05) is 38.3 Å². The molecule has 1 aliphatic rings. The molecule has 0 aliphatic carbocycles. The smallest absolute Gasteiger partial charge is 0.0469 e. The van der Waals surface area contributed by atoms with Crippen LogP contribution in [0.15, 0.2) is 18.2 Å². The topological polar surface area (TPSA) is 24.5 Å². The predicted molar refractivity (Wildman–Crippen MR) is 90.0 cm³/mol. The van der Waals surface area contributed by atoms with Crippen molar-refractivity contribution in [1.29, 1.82) is 0 Å². The summed E-state index contributed by atoms with van der Waals surface area (Å²) in [6.07, 6.45) is 3.58. The standard InChI is InChI=1S/C18H30N2O/c1-4-9-19-13-17-5-6-18(12-15(17)2)20(3)14-16-7-10-21-11-8-16/h5-6,12,16,19H,4,7-11,13-14H2,1-3H3. The summed E-state index contributed by atoms with van der Waals surface area (Å²) in [6, 6.07) is 6.85. The minimum Gasteiger partial charge on any atom is -0.381 e. The molecule has 1 saturated heterocycles. The first-order valence-electron chi connectivity index (χ1n) is 8.29. The fraction of sp³-hybridized carbons (Fsp3) is 0.667. The van der Waals surface area contributed by atoms with Crippen molar-refractivity contribution in [1.82, 2.24) is 5.32 Å². The Bertz CT molecular complexity index is 427. The van der Waals surface area contributed by atoms with E-state index < -0.39 is 0 Å². The molecule has 0 saturated carbocycles. The molecule has 0 amide bonds.